The molecule has 9 aromatic rings. The van der Waals surface area contributed by atoms with Gasteiger partial charge in [0.2, 0.25) is 0 Å². The molecule has 0 spiro atoms. The first kappa shape index (κ1) is 41.3. The lowest BCUT2D eigenvalue weighted by Gasteiger charge is -2.11. The molecule has 9 rings (SSSR count). The fourth-order valence-corrected chi connectivity index (χ4v) is 6.44. The number of carbonyl (C=O) groups excluding carboxylic acids is 1. The third-order valence-corrected chi connectivity index (χ3v) is 9.53. The lowest BCUT2D eigenvalue weighted by molar-refractivity contribution is 0.0490. The number of methoxy groups -OCH3 is 4. The predicted molar refractivity (Wildman–Crippen MR) is 237 cm³/mol. The average Bonchev–Trinajstić information content (AvgIpc) is 4.05. The number of hydrogen-bond donors (Lipinski definition) is 5. The van der Waals surface area contributed by atoms with E-state index >= 15 is 0 Å². The van der Waals surface area contributed by atoms with E-state index < -0.39 is 0 Å². The summed E-state index contributed by atoms with van der Waals surface area (Å²) in [4.78, 5) is 18.9. The van der Waals surface area contributed by atoms with Crippen LogP contribution in [0.3, 0.4) is 0 Å². The van der Waals surface area contributed by atoms with Crippen LogP contribution in [0.5, 0.6) is 23.0 Å². The first-order valence-electron chi connectivity index (χ1n) is 18.9. The molecule has 0 unspecified atom stereocenters. The number of ether oxygens (including phenoxy) is 6. The number of H-pyrrole nitrogens is 3. The number of nitrogens with one attached hydrogen (secondary N) is 3. The van der Waals surface area contributed by atoms with E-state index in [0.29, 0.717) is 40.1 Å². The second kappa shape index (κ2) is 19.2. The number of para-hydroxylation sites is 4. The highest BCUT2D eigenvalue weighted by Gasteiger charge is 2.15. The number of nitrogen functional groups attached to an aromatic ring is 2. The van der Waals surface area contributed by atoms with Gasteiger partial charge in [0.25, 0.3) is 0 Å². The first-order chi connectivity index (χ1) is 29.8. The number of nitrogens with two attached hydrogens (primary N) is 2. The summed E-state index contributed by atoms with van der Waals surface area (Å²) in [5.74, 6) is 3.27. The Morgan fingerprint density at radius 3 is 1.69 bits per heavy atom. The molecule has 6 aromatic carbocycles. The number of rotatable bonds is 12. The molecule has 0 aliphatic heterocycles. The van der Waals surface area contributed by atoms with Crippen LogP contribution < -0.4 is 30.4 Å². The lowest BCUT2D eigenvalue weighted by Crippen LogP contribution is -2.00. The summed E-state index contributed by atoms with van der Waals surface area (Å²) in [6.07, 6.45) is 0.764. The van der Waals surface area contributed by atoms with Gasteiger partial charge in [0.05, 0.1) is 47.7 Å². The molecule has 0 saturated heterocycles. The van der Waals surface area contributed by atoms with Crippen LogP contribution in [0, 0.1) is 0 Å². The van der Waals surface area contributed by atoms with E-state index in [0.717, 1.165) is 72.9 Å². The molecule has 0 amide bonds. The van der Waals surface area contributed by atoms with Gasteiger partial charge in [0, 0.05) is 25.0 Å². The molecule has 0 atom stereocenters. The number of anilines is 2. The van der Waals surface area contributed by atoms with Crippen LogP contribution in [0.2, 0.25) is 0 Å². The van der Waals surface area contributed by atoms with Crippen molar-refractivity contribution in [2.45, 2.75) is 0 Å². The van der Waals surface area contributed by atoms with Crippen LogP contribution in [-0.2, 0) is 9.47 Å². The average molecular weight is 821 g/mol. The zero-order valence-corrected chi connectivity index (χ0v) is 33.9. The Labute approximate surface area is 350 Å². The van der Waals surface area contributed by atoms with Gasteiger partial charge >= 0.3 is 0 Å². The lowest BCUT2D eigenvalue weighted by atomic mass is 10.0. The molecular formula is C46H44N8O7. The van der Waals surface area contributed by atoms with Crippen molar-refractivity contribution in [3.63, 3.8) is 0 Å². The summed E-state index contributed by atoms with van der Waals surface area (Å²) in [6, 6.07) is 38.6. The number of aldehydes is 1. The third kappa shape index (κ3) is 9.38. The number of hydrogen-bond acceptors (Lipinski definition) is 12. The molecule has 0 radical (unpaired) electrons. The van der Waals surface area contributed by atoms with Gasteiger partial charge in [-0.3, -0.25) is 15.0 Å². The summed E-state index contributed by atoms with van der Waals surface area (Å²) in [5, 5.41) is 16.3. The van der Waals surface area contributed by atoms with E-state index in [2.05, 4.69) is 48.6 Å². The maximum Gasteiger partial charge on any atom is 0.188 e. The van der Waals surface area contributed by atoms with Crippen molar-refractivity contribution in [3.05, 3.63) is 127 Å². The highest BCUT2D eigenvalue weighted by atomic mass is 16.7. The molecule has 15 heteroatoms. The molecule has 3 aromatic heterocycles. The molecule has 7 N–H and O–H groups in total. The summed E-state index contributed by atoms with van der Waals surface area (Å²) >= 11 is 0. The molecule has 61 heavy (non-hydrogen) atoms. The Morgan fingerprint density at radius 1 is 0.557 bits per heavy atom. The van der Waals surface area contributed by atoms with Gasteiger partial charge in [-0.25, -0.2) is 4.98 Å². The number of fused-ring (bicyclic) bond motifs is 3. The van der Waals surface area contributed by atoms with Crippen LogP contribution in [-0.4, -0.2) is 78.7 Å². The van der Waals surface area contributed by atoms with Crippen LogP contribution in [0.25, 0.3) is 66.6 Å². The van der Waals surface area contributed by atoms with E-state index in [1.807, 2.05) is 91.0 Å². The Morgan fingerprint density at radius 2 is 1.11 bits per heavy atom. The first-order valence-corrected chi connectivity index (χ1v) is 18.9. The molecule has 0 fully saturated rings. The number of imidazole rings is 1. The third-order valence-electron chi connectivity index (χ3n) is 9.53. The van der Waals surface area contributed by atoms with Crippen LogP contribution in [0.15, 0.2) is 121 Å². The quantitative estimate of drug-likeness (QED) is 0.0445. The van der Waals surface area contributed by atoms with Crippen molar-refractivity contribution in [2.24, 2.45) is 0 Å². The topological polar surface area (TPSA) is 211 Å². The zero-order valence-electron chi connectivity index (χ0n) is 33.9. The maximum absolute atomic E-state index is 10.9. The normalized spacial score (nSPS) is 10.8. The number of nitrogens with zero attached hydrogens (tertiary/aromatic N) is 3. The second-order valence-corrected chi connectivity index (χ2v) is 13.4. The minimum atomic E-state index is 0.156. The zero-order chi connectivity index (χ0) is 42.7. The van der Waals surface area contributed by atoms with Gasteiger partial charge in [-0.15, -0.1) is 0 Å². The Bertz CT molecular complexity index is 2850. The van der Waals surface area contributed by atoms with Crippen molar-refractivity contribution >= 4 is 50.5 Å². The van der Waals surface area contributed by atoms with E-state index in [4.69, 9.17) is 39.9 Å². The van der Waals surface area contributed by atoms with Crippen molar-refractivity contribution in [2.75, 3.05) is 53.5 Å². The predicted octanol–water partition coefficient (Wildman–Crippen LogP) is 8.65. The molecule has 310 valence electrons. The number of carbonyl (C=O) groups is 1. The molecule has 0 saturated carbocycles. The van der Waals surface area contributed by atoms with Crippen molar-refractivity contribution in [1.29, 1.82) is 0 Å². The van der Waals surface area contributed by atoms with Crippen molar-refractivity contribution in [1.82, 2.24) is 30.4 Å². The van der Waals surface area contributed by atoms with Crippen LogP contribution in [0.4, 0.5) is 11.4 Å². The van der Waals surface area contributed by atoms with Gasteiger partial charge in [0.1, 0.15) is 11.4 Å². The van der Waals surface area contributed by atoms with Crippen LogP contribution in [0.1, 0.15) is 10.5 Å². The fraction of sp³-hybridized carbons (Fsp3) is 0.130. The van der Waals surface area contributed by atoms with Crippen molar-refractivity contribution in [3.8, 4) is 56.8 Å². The maximum atomic E-state index is 10.9. The van der Waals surface area contributed by atoms with Gasteiger partial charge in [-0.2, -0.15) is 10.2 Å². The van der Waals surface area contributed by atoms with Gasteiger partial charge < -0.3 is 44.9 Å². The van der Waals surface area contributed by atoms with Gasteiger partial charge in [-0.1, -0.05) is 48.5 Å². The molecular weight excluding hydrogens is 777 g/mol. The number of benzene rings is 6. The Hall–Kier alpha value is -7.88. The van der Waals surface area contributed by atoms with E-state index in [1.165, 1.54) is 0 Å². The molecule has 15 nitrogen and oxygen atoms in total. The molecule has 0 aliphatic rings. The largest absolute Gasteiger partial charge is 0.493 e. The van der Waals surface area contributed by atoms with E-state index in [-0.39, 0.29) is 13.6 Å². The summed E-state index contributed by atoms with van der Waals surface area (Å²) in [5.41, 5.74) is 20.9. The van der Waals surface area contributed by atoms with Gasteiger partial charge in [0.15, 0.2) is 48.7 Å². The summed E-state index contributed by atoms with van der Waals surface area (Å²) in [7, 11) is 6.36. The number of aromatic nitrogens is 6. The Balaban J connectivity index is 0.000000160. The fourth-order valence-electron chi connectivity index (χ4n) is 6.44. The SMILES string of the molecule is COCOc1ccc(-c2ccc3c(-c4nc5ccccc5[nH]4)n[nH]c3c2)cc1OC.COCOc1ccc(-c2ccc3c(C=O)[nH]nc3c2)cc1OC.Nc1ccccc1N. The minimum absolute atomic E-state index is 0.156. The summed E-state index contributed by atoms with van der Waals surface area (Å²) < 4.78 is 31.7. The Kier molecular flexibility index (Phi) is 13.0. The van der Waals surface area contributed by atoms with E-state index in [1.54, 1.807) is 40.6 Å². The number of aromatic amines is 3. The van der Waals surface area contributed by atoms with Gasteiger partial charge in [-0.05, 0) is 95.1 Å². The monoisotopic (exact) mass is 820 g/mol. The van der Waals surface area contributed by atoms with Crippen molar-refractivity contribution < 1.29 is 33.2 Å². The smallest absolute Gasteiger partial charge is 0.188 e. The molecule has 0 aliphatic carbocycles. The molecule has 0 bridgehead atoms. The van der Waals surface area contributed by atoms with E-state index in [9.17, 15) is 4.79 Å². The standard InChI is InChI=1S/C23H20N4O3.C17H16N2O4.C6H8N2/c1-28-13-30-20-10-8-15(12-21(20)29-2)14-7-9-16-19(11-14)26-27-22(16)23-24-17-5-3-4-6-18(17)25-23;1-21-10-23-16-6-4-12(8-17(16)22-2)11-3-5-13-14(7-11)18-19-15(13)9-20;7-5-3-1-2-4-6(5)8/h3-12H,13H2,1-2H3,(H,24,25)(H,26,27);3-9H,10H2,1-2H3,(H,18,19);1-4H,7-8H2. The highest BCUT2D eigenvalue weighted by Crippen LogP contribution is 2.36. The summed E-state index contributed by atoms with van der Waals surface area (Å²) in [6.45, 7) is 0.323. The molecule has 3 heterocycles. The van der Waals surface area contributed by atoms with Crippen LogP contribution >= 0.6 is 0 Å². The minimum Gasteiger partial charge on any atom is -0.493 e. The second-order valence-electron chi connectivity index (χ2n) is 13.4. The highest BCUT2D eigenvalue weighted by molar-refractivity contribution is 5.97.